The van der Waals surface area contributed by atoms with Crippen molar-refractivity contribution < 1.29 is 5.11 Å². The second-order valence-corrected chi connectivity index (χ2v) is 3.93. The summed E-state index contributed by atoms with van der Waals surface area (Å²) in [6, 6.07) is 0. The monoisotopic (exact) mass is 186 g/mol. The van der Waals surface area contributed by atoms with Crippen LogP contribution in [0.1, 0.15) is 13.8 Å². The number of rotatable bonds is 6. The van der Waals surface area contributed by atoms with Crippen LogP contribution in [-0.2, 0) is 0 Å². The molecule has 0 bridgehead atoms. The van der Waals surface area contributed by atoms with Gasteiger partial charge in [-0.25, -0.2) is 0 Å². The molecule has 78 valence electrons. The topological polar surface area (TPSA) is 35.5 Å². The number of nitrogens with zero attached hydrogens (tertiary/aromatic N) is 1. The minimum atomic E-state index is -0.648. The highest BCUT2D eigenvalue weighted by molar-refractivity contribution is 4.83. The number of nitrogens with one attached hydrogen (secondary N) is 1. The molecule has 0 aromatic heterocycles. The largest absolute Gasteiger partial charge is 0.388 e. The summed E-state index contributed by atoms with van der Waals surface area (Å²) < 4.78 is 0. The standard InChI is InChI=1S/C10H22N2O/c1-5-6-7-11-8-10(2,13)9-12(3)4/h5-6,11,13H,7-9H2,1-4H3/b6-5+. The molecule has 3 heteroatoms. The van der Waals surface area contributed by atoms with Crippen LogP contribution in [0.4, 0.5) is 0 Å². The molecule has 0 saturated heterocycles. The van der Waals surface area contributed by atoms with E-state index in [9.17, 15) is 5.11 Å². The first-order valence-electron chi connectivity index (χ1n) is 4.67. The van der Waals surface area contributed by atoms with Gasteiger partial charge < -0.3 is 15.3 Å². The van der Waals surface area contributed by atoms with Crippen molar-refractivity contribution in [1.82, 2.24) is 10.2 Å². The number of likely N-dealkylation sites (N-methyl/N-ethyl adjacent to an activating group) is 1. The van der Waals surface area contributed by atoms with Crippen LogP contribution < -0.4 is 5.32 Å². The molecule has 1 atom stereocenters. The third-order valence-electron chi connectivity index (χ3n) is 1.66. The predicted molar refractivity (Wildman–Crippen MR) is 56.9 cm³/mol. The fourth-order valence-corrected chi connectivity index (χ4v) is 1.28. The Kier molecular flexibility index (Phi) is 5.95. The average molecular weight is 186 g/mol. The summed E-state index contributed by atoms with van der Waals surface area (Å²) in [5, 5.41) is 13.0. The van der Waals surface area contributed by atoms with Gasteiger partial charge in [-0.05, 0) is 27.9 Å². The molecule has 0 aromatic rings. The van der Waals surface area contributed by atoms with E-state index in [4.69, 9.17) is 0 Å². The van der Waals surface area contributed by atoms with E-state index in [2.05, 4.69) is 5.32 Å². The summed E-state index contributed by atoms with van der Waals surface area (Å²) in [5.41, 5.74) is -0.648. The number of hydrogen-bond donors (Lipinski definition) is 2. The minimum absolute atomic E-state index is 0.621. The van der Waals surface area contributed by atoms with Crippen molar-refractivity contribution >= 4 is 0 Å². The molecular formula is C10H22N2O. The second kappa shape index (κ2) is 6.13. The smallest absolute Gasteiger partial charge is 0.0869 e. The summed E-state index contributed by atoms with van der Waals surface area (Å²) >= 11 is 0. The first-order chi connectivity index (χ1) is 5.98. The summed E-state index contributed by atoms with van der Waals surface area (Å²) in [6.45, 7) is 5.95. The SMILES string of the molecule is C/C=C/CNCC(C)(O)CN(C)C. The third-order valence-corrected chi connectivity index (χ3v) is 1.66. The molecule has 0 amide bonds. The van der Waals surface area contributed by atoms with E-state index in [-0.39, 0.29) is 0 Å². The van der Waals surface area contributed by atoms with Crippen LogP contribution in [0.15, 0.2) is 12.2 Å². The van der Waals surface area contributed by atoms with Gasteiger partial charge in [-0.1, -0.05) is 12.2 Å². The molecule has 0 saturated carbocycles. The van der Waals surface area contributed by atoms with E-state index in [0.29, 0.717) is 13.1 Å². The Morgan fingerprint density at radius 2 is 2.08 bits per heavy atom. The van der Waals surface area contributed by atoms with Gasteiger partial charge in [-0.15, -0.1) is 0 Å². The van der Waals surface area contributed by atoms with Crippen molar-refractivity contribution in [2.24, 2.45) is 0 Å². The number of allylic oxidation sites excluding steroid dienone is 1. The summed E-state index contributed by atoms with van der Waals surface area (Å²) in [6.07, 6.45) is 4.03. The molecular weight excluding hydrogens is 164 g/mol. The molecule has 0 fully saturated rings. The van der Waals surface area contributed by atoms with Crippen molar-refractivity contribution in [1.29, 1.82) is 0 Å². The van der Waals surface area contributed by atoms with Gasteiger partial charge >= 0.3 is 0 Å². The van der Waals surface area contributed by atoms with Gasteiger partial charge in [0.25, 0.3) is 0 Å². The van der Waals surface area contributed by atoms with E-state index in [1.54, 1.807) is 0 Å². The summed E-state index contributed by atoms with van der Waals surface area (Å²) in [5.74, 6) is 0. The van der Waals surface area contributed by atoms with E-state index in [0.717, 1.165) is 6.54 Å². The van der Waals surface area contributed by atoms with Gasteiger partial charge in [0, 0.05) is 19.6 Å². The van der Waals surface area contributed by atoms with Crippen LogP contribution in [0.25, 0.3) is 0 Å². The average Bonchev–Trinajstić information content (AvgIpc) is 1.95. The molecule has 0 aromatic carbocycles. The first kappa shape index (κ1) is 12.6. The lowest BCUT2D eigenvalue weighted by atomic mass is 10.1. The van der Waals surface area contributed by atoms with Crippen molar-refractivity contribution in [2.75, 3.05) is 33.7 Å². The Morgan fingerprint density at radius 3 is 2.54 bits per heavy atom. The van der Waals surface area contributed by atoms with Crippen molar-refractivity contribution in [3.63, 3.8) is 0 Å². The zero-order chi connectivity index (χ0) is 10.3. The highest BCUT2D eigenvalue weighted by Gasteiger charge is 2.19. The minimum Gasteiger partial charge on any atom is -0.388 e. The molecule has 0 spiro atoms. The van der Waals surface area contributed by atoms with Crippen LogP contribution in [0, 0.1) is 0 Å². The van der Waals surface area contributed by atoms with Crippen molar-refractivity contribution in [3.05, 3.63) is 12.2 Å². The molecule has 0 heterocycles. The van der Waals surface area contributed by atoms with Crippen molar-refractivity contribution in [2.45, 2.75) is 19.4 Å². The Balaban J connectivity index is 3.62. The molecule has 0 radical (unpaired) electrons. The molecule has 0 rings (SSSR count). The molecule has 13 heavy (non-hydrogen) atoms. The van der Waals surface area contributed by atoms with Gasteiger partial charge in [-0.3, -0.25) is 0 Å². The van der Waals surface area contributed by atoms with E-state index < -0.39 is 5.60 Å². The molecule has 3 nitrogen and oxygen atoms in total. The molecule has 0 aliphatic heterocycles. The highest BCUT2D eigenvalue weighted by atomic mass is 16.3. The normalized spacial score (nSPS) is 16.8. The van der Waals surface area contributed by atoms with E-state index in [1.807, 2.05) is 45.0 Å². The summed E-state index contributed by atoms with van der Waals surface area (Å²) in [7, 11) is 3.92. The van der Waals surface area contributed by atoms with Gasteiger partial charge in [0.05, 0.1) is 5.60 Å². The second-order valence-electron chi connectivity index (χ2n) is 3.93. The Morgan fingerprint density at radius 1 is 1.46 bits per heavy atom. The van der Waals surface area contributed by atoms with Gasteiger partial charge in [-0.2, -0.15) is 0 Å². The first-order valence-corrected chi connectivity index (χ1v) is 4.67. The zero-order valence-electron chi connectivity index (χ0n) is 9.17. The molecule has 2 N–H and O–H groups in total. The number of hydrogen-bond acceptors (Lipinski definition) is 3. The van der Waals surface area contributed by atoms with Crippen LogP contribution in [0.5, 0.6) is 0 Å². The van der Waals surface area contributed by atoms with Gasteiger partial charge in [0.15, 0.2) is 0 Å². The van der Waals surface area contributed by atoms with E-state index >= 15 is 0 Å². The fourth-order valence-electron chi connectivity index (χ4n) is 1.28. The maximum Gasteiger partial charge on any atom is 0.0869 e. The lowest BCUT2D eigenvalue weighted by Gasteiger charge is -2.26. The Hall–Kier alpha value is -0.380. The Bertz CT molecular complexity index is 153. The van der Waals surface area contributed by atoms with Crippen LogP contribution in [0.2, 0.25) is 0 Å². The molecule has 1 unspecified atom stereocenters. The van der Waals surface area contributed by atoms with Crippen LogP contribution in [0.3, 0.4) is 0 Å². The quantitative estimate of drug-likeness (QED) is 0.467. The van der Waals surface area contributed by atoms with E-state index in [1.165, 1.54) is 0 Å². The summed E-state index contributed by atoms with van der Waals surface area (Å²) in [4.78, 5) is 1.98. The maximum absolute atomic E-state index is 9.86. The Labute approximate surface area is 81.4 Å². The van der Waals surface area contributed by atoms with Crippen molar-refractivity contribution in [3.8, 4) is 0 Å². The molecule has 0 aliphatic carbocycles. The van der Waals surface area contributed by atoms with Crippen LogP contribution in [-0.4, -0.2) is 49.3 Å². The van der Waals surface area contributed by atoms with Gasteiger partial charge in [0.2, 0.25) is 0 Å². The zero-order valence-corrected chi connectivity index (χ0v) is 9.17. The predicted octanol–water partition coefficient (Wildman–Crippen LogP) is 0.465. The highest BCUT2D eigenvalue weighted by Crippen LogP contribution is 2.01. The van der Waals surface area contributed by atoms with Gasteiger partial charge in [0.1, 0.15) is 0 Å². The number of aliphatic hydroxyl groups is 1. The third kappa shape index (κ3) is 7.96. The maximum atomic E-state index is 9.86. The lowest BCUT2D eigenvalue weighted by Crippen LogP contribution is -2.45. The lowest BCUT2D eigenvalue weighted by molar-refractivity contribution is 0.0347. The fraction of sp³-hybridized carbons (Fsp3) is 0.800. The molecule has 0 aliphatic rings. The van der Waals surface area contributed by atoms with Crippen LogP contribution >= 0.6 is 0 Å².